The molecule has 0 radical (unpaired) electrons. The molecule has 0 bridgehead atoms. The zero-order valence-electron chi connectivity index (χ0n) is 20.5. The zero-order valence-corrected chi connectivity index (χ0v) is 20.5. The summed E-state index contributed by atoms with van der Waals surface area (Å²) >= 11 is 0. The van der Waals surface area contributed by atoms with Gasteiger partial charge in [-0.25, -0.2) is 0 Å². The van der Waals surface area contributed by atoms with Crippen molar-refractivity contribution in [2.75, 3.05) is 13.2 Å². The number of hydrazine groups is 1. The first-order valence-corrected chi connectivity index (χ1v) is 10.7. The van der Waals surface area contributed by atoms with Crippen LogP contribution in [0, 0.1) is 5.92 Å². The lowest BCUT2D eigenvalue weighted by Gasteiger charge is -2.21. The van der Waals surface area contributed by atoms with Gasteiger partial charge in [-0.2, -0.15) is 0 Å². The maximum absolute atomic E-state index is 10.4. The fourth-order valence-electron chi connectivity index (χ4n) is 2.44. The summed E-state index contributed by atoms with van der Waals surface area (Å²) in [5, 5.41) is 8.10. The predicted octanol–water partition coefficient (Wildman–Crippen LogP) is 6.19. The van der Waals surface area contributed by atoms with E-state index in [1.165, 1.54) is 32.1 Å². The summed E-state index contributed by atoms with van der Waals surface area (Å²) in [6, 6.07) is 12.0. The molecule has 1 aliphatic rings. The number of allylic oxidation sites excluding steroid dienone is 4. The summed E-state index contributed by atoms with van der Waals surface area (Å²) in [6.45, 7) is 10.5. The van der Waals surface area contributed by atoms with E-state index in [1.54, 1.807) is 19.1 Å². The van der Waals surface area contributed by atoms with Crippen LogP contribution in [0.2, 0.25) is 0 Å². The quantitative estimate of drug-likeness (QED) is 0.0824. The molecule has 186 valence electrons. The van der Waals surface area contributed by atoms with Crippen molar-refractivity contribution in [2.45, 2.75) is 59.3 Å². The SMILES string of the molecule is C/C=C(\C=O)OCCC1CCCCC1.C=C/C(C)=C\O.CCNN.N.N.c1ccccc1. The van der Waals surface area contributed by atoms with Gasteiger partial charge < -0.3 is 22.1 Å². The van der Waals surface area contributed by atoms with E-state index in [2.05, 4.69) is 12.0 Å². The van der Waals surface area contributed by atoms with Gasteiger partial charge in [0.2, 0.25) is 0 Å². The van der Waals surface area contributed by atoms with Gasteiger partial charge >= 0.3 is 0 Å². The number of aliphatic hydroxyl groups excluding tert-OH is 1. The molecule has 1 aromatic carbocycles. The van der Waals surface area contributed by atoms with E-state index in [-0.39, 0.29) is 12.3 Å². The second-order valence-electron chi connectivity index (χ2n) is 6.74. The minimum absolute atomic E-state index is 0. The van der Waals surface area contributed by atoms with Gasteiger partial charge in [0.1, 0.15) is 0 Å². The highest BCUT2D eigenvalue weighted by Gasteiger charge is 2.13. The number of aldehydes is 1. The molecular weight excluding hydrogens is 404 g/mol. The number of carbonyl (C=O) groups is 1. The van der Waals surface area contributed by atoms with E-state index in [1.807, 2.05) is 50.2 Å². The average Bonchev–Trinajstić information content (AvgIpc) is 2.84. The molecular formula is C25H48N4O3. The standard InChI is InChI=1S/C12H20O2.C6H6.C5H8O.C2H8N2.2H3N/c1-2-12(10-13)14-9-8-11-6-4-3-5-7-11;1-2-4-6-5-3-1;1-3-5(2)4-6;1-2-4-3;;/h2,10-11H,3-9H2,1H3;1-6H;3-4,6H,1H2,2H3;4H,2-3H2,1H3;2*1H3/b12-2+;;5-4-;;;. The van der Waals surface area contributed by atoms with Crippen molar-refractivity contribution in [3.8, 4) is 0 Å². The number of carbonyl (C=O) groups excluding carboxylic acids is 1. The Kier molecular flexibility index (Phi) is 35.4. The lowest BCUT2D eigenvalue weighted by Crippen LogP contribution is -2.20. The summed E-state index contributed by atoms with van der Waals surface area (Å²) in [7, 11) is 0. The van der Waals surface area contributed by atoms with E-state index < -0.39 is 0 Å². The zero-order chi connectivity index (χ0) is 22.9. The Labute approximate surface area is 196 Å². The number of nitrogens with two attached hydrogens (primary N) is 1. The van der Waals surface area contributed by atoms with E-state index >= 15 is 0 Å². The second kappa shape index (κ2) is 30.7. The molecule has 1 aromatic rings. The van der Waals surface area contributed by atoms with Crippen LogP contribution in [0.1, 0.15) is 59.3 Å². The van der Waals surface area contributed by atoms with Crippen molar-refractivity contribution in [3.05, 3.63) is 72.7 Å². The Morgan fingerprint density at radius 1 is 1.12 bits per heavy atom. The van der Waals surface area contributed by atoms with Gasteiger partial charge in [0.15, 0.2) is 12.0 Å². The van der Waals surface area contributed by atoms with Crippen molar-refractivity contribution in [2.24, 2.45) is 11.8 Å². The third-order valence-corrected chi connectivity index (χ3v) is 4.32. The number of nitrogens with one attached hydrogen (secondary N) is 1. The van der Waals surface area contributed by atoms with Crippen LogP contribution in [0.4, 0.5) is 0 Å². The first-order valence-electron chi connectivity index (χ1n) is 10.7. The van der Waals surface area contributed by atoms with Crippen molar-refractivity contribution in [3.63, 3.8) is 0 Å². The average molecular weight is 453 g/mol. The van der Waals surface area contributed by atoms with Crippen molar-refractivity contribution < 1.29 is 14.6 Å². The molecule has 0 spiro atoms. The van der Waals surface area contributed by atoms with E-state index in [0.29, 0.717) is 12.4 Å². The molecule has 0 saturated heterocycles. The maximum atomic E-state index is 10.4. The van der Waals surface area contributed by atoms with Crippen molar-refractivity contribution >= 4 is 6.29 Å². The van der Waals surface area contributed by atoms with Crippen molar-refractivity contribution in [1.29, 1.82) is 0 Å². The third kappa shape index (κ3) is 27.5. The molecule has 1 saturated carbocycles. The van der Waals surface area contributed by atoms with Gasteiger partial charge in [-0.05, 0) is 37.8 Å². The summed E-state index contributed by atoms with van der Waals surface area (Å²) in [4.78, 5) is 10.4. The number of hydrogen-bond donors (Lipinski definition) is 5. The number of benzene rings is 1. The highest BCUT2D eigenvalue weighted by molar-refractivity contribution is 5.69. The van der Waals surface area contributed by atoms with Gasteiger partial charge in [-0.15, -0.1) is 0 Å². The Balaban J connectivity index is -0.000000183. The number of hydrogen-bond acceptors (Lipinski definition) is 7. The fourth-order valence-corrected chi connectivity index (χ4v) is 2.44. The second-order valence-corrected chi connectivity index (χ2v) is 6.74. The topological polar surface area (TPSA) is 155 Å². The van der Waals surface area contributed by atoms with Crippen molar-refractivity contribution in [1.82, 2.24) is 17.7 Å². The molecule has 7 nitrogen and oxygen atoms in total. The summed E-state index contributed by atoms with van der Waals surface area (Å²) in [5.74, 6) is 6.08. The molecule has 1 fully saturated rings. The third-order valence-electron chi connectivity index (χ3n) is 4.32. The van der Waals surface area contributed by atoms with Gasteiger partial charge in [0.25, 0.3) is 0 Å². The monoisotopic (exact) mass is 452 g/mol. The van der Waals surface area contributed by atoms with Crippen LogP contribution in [0.5, 0.6) is 0 Å². The number of rotatable bonds is 7. The maximum Gasteiger partial charge on any atom is 0.184 e. The highest BCUT2D eigenvalue weighted by Crippen LogP contribution is 2.26. The molecule has 7 heteroatoms. The molecule has 10 N–H and O–H groups in total. The molecule has 0 heterocycles. The number of aliphatic hydroxyl groups is 1. The first kappa shape index (κ1) is 36.9. The van der Waals surface area contributed by atoms with Crippen LogP contribution in [0.3, 0.4) is 0 Å². The minimum Gasteiger partial charge on any atom is -0.515 e. The fraction of sp³-hybridized carbons (Fsp3) is 0.480. The molecule has 0 unspecified atom stereocenters. The van der Waals surface area contributed by atoms with E-state index in [0.717, 1.165) is 37.0 Å². The highest BCUT2D eigenvalue weighted by atomic mass is 16.5. The summed E-state index contributed by atoms with van der Waals surface area (Å²) in [5.41, 5.74) is 3.22. The van der Waals surface area contributed by atoms with Gasteiger partial charge in [0.05, 0.1) is 12.9 Å². The molecule has 1 aliphatic carbocycles. The van der Waals surface area contributed by atoms with E-state index in [4.69, 9.17) is 15.7 Å². The van der Waals surface area contributed by atoms with Crippen LogP contribution in [0.25, 0.3) is 0 Å². The Hall–Kier alpha value is -2.45. The van der Waals surface area contributed by atoms with E-state index in [9.17, 15) is 4.79 Å². The van der Waals surface area contributed by atoms with Crippen LogP contribution in [-0.4, -0.2) is 24.5 Å². The van der Waals surface area contributed by atoms with Crippen LogP contribution in [0.15, 0.2) is 72.7 Å². The molecule has 0 aromatic heterocycles. The molecule has 0 atom stereocenters. The van der Waals surface area contributed by atoms with Gasteiger partial charge in [0, 0.05) is 6.54 Å². The van der Waals surface area contributed by atoms with Crippen LogP contribution >= 0.6 is 0 Å². The first-order chi connectivity index (χ1) is 14.6. The summed E-state index contributed by atoms with van der Waals surface area (Å²) < 4.78 is 5.34. The lowest BCUT2D eigenvalue weighted by molar-refractivity contribution is -0.107. The molecule has 2 rings (SSSR count). The Bertz CT molecular complexity index is 529. The van der Waals surface area contributed by atoms with Crippen LogP contribution < -0.4 is 23.6 Å². The minimum atomic E-state index is 0. The molecule has 0 aliphatic heterocycles. The lowest BCUT2D eigenvalue weighted by atomic mass is 9.87. The smallest absolute Gasteiger partial charge is 0.184 e. The Morgan fingerprint density at radius 2 is 1.59 bits per heavy atom. The van der Waals surface area contributed by atoms with Crippen LogP contribution in [-0.2, 0) is 9.53 Å². The number of ether oxygens (including phenoxy) is 1. The predicted molar refractivity (Wildman–Crippen MR) is 138 cm³/mol. The summed E-state index contributed by atoms with van der Waals surface area (Å²) in [6.07, 6.45) is 13.0. The molecule has 0 amide bonds. The van der Waals surface area contributed by atoms with Gasteiger partial charge in [-0.1, -0.05) is 88.1 Å². The largest absolute Gasteiger partial charge is 0.515 e. The van der Waals surface area contributed by atoms with Gasteiger partial charge in [-0.3, -0.25) is 16.1 Å². The normalized spacial score (nSPS) is 13.0. The Morgan fingerprint density at radius 3 is 1.88 bits per heavy atom. The molecule has 32 heavy (non-hydrogen) atoms.